The number of benzene rings is 1. The Labute approximate surface area is 113 Å². The Hall–Kier alpha value is -0.970. The van der Waals surface area contributed by atoms with Crippen molar-refractivity contribution in [2.45, 2.75) is 0 Å². The van der Waals surface area contributed by atoms with Crippen molar-refractivity contribution in [3.8, 4) is 0 Å². The lowest BCUT2D eigenvalue weighted by atomic mass is 10.1. The van der Waals surface area contributed by atoms with Gasteiger partial charge < -0.3 is 5.73 Å². The standard InChI is InChI=1S/C11H8Cl2N2OS/c12-8-2-1-6(9(13)4-8)3-7-5-17-11(14)15-10(7)16/h1-4H,5H2,(H2,14,15,16)/b7-3+. The van der Waals surface area contributed by atoms with E-state index in [0.29, 0.717) is 26.5 Å². The smallest absolute Gasteiger partial charge is 0.276 e. The van der Waals surface area contributed by atoms with Crippen LogP contribution in [0.3, 0.4) is 0 Å². The molecule has 0 fully saturated rings. The van der Waals surface area contributed by atoms with Gasteiger partial charge in [0.1, 0.15) is 0 Å². The first-order valence-electron chi connectivity index (χ1n) is 4.73. The van der Waals surface area contributed by atoms with Gasteiger partial charge in [0.05, 0.1) is 0 Å². The molecule has 0 bridgehead atoms. The molecule has 0 radical (unpaired) electrons. The van der Waals surface area contributed by atoms with Gasteiger partial charge in [0.15, 0.2) is 5.17 Å². The Balaban J connectivity index is 2.34. The van der Waals surface area contributed by atoms with Crippen LogP contribution < -0.4 is 5.73 Å². The van der Waals surface area contributed by atoms with Gasteiger partial charge in [-0.25, -0.2) is 0 Å². The van der Waals surface area contributed by atoms with E-state index in [0.717, 1.165) is 5.56 Å². The highest BCUT2D eigenvalue weighted by molar-refractivity contribution is 8.14. The zero-order valence-corrected chi connectivity index (χ0v) is 10.9. The summed E-state index contributed by atoms with van der Waals surface area (Å²) in [5.74, 6) is 0.194. The average Bonchev–Trinajstić information content (AvgIpc) is 2.25. The van der Waals surface area contributed by atoms with Crippen LogP contribution >= 0.6 is 35.0 Å². The fraction of sp³-hybridized carbons (Fsp3) is 0.0909. The van der Waals surface area contributed by atoms with Gasteiger partial charge in [-0.1, -0.05) is 41.0 Å². The van der Waals surface area contributed by atoms with E-state index >= 15 is 0 Å². The second-order valence-electron chi connectivity index (χ2n) is 3.38. The fourth-order valence-electron chi connectivity index (χ4n) is 1.33. The molecule has 1 aromatic carbocycles. The number of amidine groups is 1. The van der Waals surface area contributed by atoms with Crippen molar-refractivity contribution in [2.75, 3.05) is 5.75 Å². The number of hydrogen-bond acceptors (Lipinski definition) is 3. The Morgan fingerprint density at radius 1 is 1.41 bits per heavy atom. The van der Waals surface area contributed by atoms with Crippen LogP contribution in [0.4, 0.5) is 0 Å². The first-order chi connectivity index (χ1) is 8.06. The van der Waals surface area contributed by atoms with Crippen molar-refractivity contribution in [1.29, 1.82) is 0 Å². The fourth-order valence-corrected chi connectivity index (χ4v) is 2.45. The molecule has 0 spiro atoms. The molecule has 1 aliphatic rings. The predicted octanol–water partition coefficient (Wildman–Crippen LogP) is 2.96. The molecule has 17 heavy (non-hydrogen) atoms. The Kier molecular flexibility index (Phi) is 3.76. The minimum absolute atomic E-state index is 0.300. The number of thioether (sulfide) groups is 1. The van der Waals surface area contributed by atoms with Crippen molar-refractivity contribution in [3.05, 3.63) is 39.4 Å². The number of nitrogens with two attached hydrogens (primary N) is 1. The number of carbonyl (C=O) groups excluding carboxylic acids is 1. The summed E-state index contributed by atoms with van der Waals surface area (Å²) in [6.07, 6.45) is 1.71. The number of hydrogen-bond donors (Lipinski definition) is 1. The molecule has 3 nitrogen and oxygen atoms in total. The summed E-state index contributed by atoms with van der Waals surface area (Å²) < 4.78 is 0. The predicted molar refractivity (Wildman–Crippen MR) is 73.5 cm³/mol. The highest BCUT2D eigenvalue weighted by Crippen LogP contribution is 2.25. The number of amides is 1. The van der Waals surface area contributed by atoms with E-state index in [1.54, 1.807) is 24.3 Å². The molecule has 2 N–H and O–H groups in total. The first kappa shape index (κ1) is 12.5. The number of aliphatic imine (C=N–C) groups is 1. The summed E-state index contributed by atoms with van der Waals surface area (Å²) >= 11 is 13.1. The van der Waals surface area contributed by atoms with Gasteiger partial charge >= 0.3 is 0 Å². The maximum atomic E-state index is 11.6. The molecule has 0 aliphatic carbocycles. The highest BCUT2D eigenvalue weighted by atomic mass is 35.5. The third-order valence-electron chi connectivity index (χ3n) is 2.15. The van der Waals surface area contributed by atoms with Crippen LogP contribution in [0.15, 0.2) is 28.8 Å². The van der Waals surface area contributed by atoms with Gasteiger partial charge in [0.25, 0.3) is 5.91 Å². The van der Waals surface area contributed by atoms with E-state index < -0.39 is 0 Å². The molecular weight excluding hydrogens is 279 g/mol. The SMILES string of the molecule is NC1=NC(=O)/C(=C/c2ccc(Cl)cc2Cl)CS1. The lowest BCUT2D eigenvalue weighted by Gasteiger charge is -2.10. The Morgan fingerprint density at radius 2 is 2.18 bits per heavy atom. The second kappa shape index (κ2) is 5.12. The van der Waals surface area contributed by atoms with Gasteiger partial charge in [0.2, 0.25) is 0 Å². The monoisotopic (exact) mass is 286 g/mol. The minimum Gasteiger partial charge on any atom is -0.378 e. The summed E-state index contributed by atoms with van der Waals surface area (Å²) in [5, 5.41) is 1.36. The lowest BCUT2D eigenvalue weighted by molar-refractivity contribution is -0.114. The van der Waals surface area contributed by atoms with Crippen molar-refractivity contribution in [1.82, 2.24) is 0 Å². The van der Waals surface area contributed by atoms with E-state index in [-0.39, 0.29) is 5.91 Å². The third kappa shape index (κ3) is 3.03. The molecule has 1 aliphatic heterocycles. The average molecular weight is 287 g/mol. The molecule has 0 unspecified atom stereocenters. The molecule has 1 aromatic rings. The molecule has 1 heterocycles. The molecule has 0 aromatic heterocycles. The van der Waals surface area contributed by atoms with Crippen LogP contribution in [-0.4, -0.2) is 16.8 Å². The Morgan fingerprint density at radius 3 is 2.82 bits per heavy atom. The van der Waals surface area contributed by atoms with Crippen molar-refractivity contribution < 1.29 is 4.79 Å². The topological polar surface area (TPSA) is 55.4 Å². The van der Waals surface area contributed by atoms with Crippen LogP contribution in [0, 0.1) is 0 Å². The van der Waals surface area contributed by atoms with Crippen LogP contribution in [0.25, 0.3) is 6.08 Å². The summed E-state index contributed by atoms with van der Waals surface area (Å²) in [7, 11) is 0. The largest absolute Gasteiger partial charge is 0.378 e. The van der Waals surface area contributed by atoms with Crippen LogP contribution in [0.5, 0.6) is 0 Å². The second-order valence-corrected chi connectivity index (χ2v) is 5.22. The maximum Gasteiger partial charge on any atom is 0.276 e. The van der Waals surface area contributed by atoms with E-state index in [1.165, 1.54) is 11.8 Å². The molecule has 2 rings (SSSR count). The van der Waals surface area contributed by atoms with Crippen LogP contribution in [0.2, 0.25) is 10.0 Å². The molecule has 0 saturated heterocycles. The minimum atomic E-state index is -0.313. The van der Waals surface area contributed by atoms with Gasteiger partial charge in [-0.3, -0.25) is 4.79 Å². The Bertz CT molecular complexity index is 540. The van der Waals surface area contributed by atoms with Crippen LogP contribution in [-0.2, 0) is 4.79 Å². The third-order valence-corrected chi connectivity index (χ3v) is 3.56. The summed E-state index contributed by atoms with van der Waals surface area (Å²) in [5.41, 5.74) is 6.78. The maximum absolute atomic E-state index is 11.6. The van der Waals surface area contributed by atoms with E-state index in [2.05, 4.69) is 4.99 Å². The van der Waals surface area contributed by atoms with E-state index in [1.807, 2.05) is 0 Å². The number of nitrogens with zero attached hydrogens (tertiary/aromatic N) is 1. The van der Waals surface area contributed by atoms with Gasteiger partial charge in [-0.05, 0) is 23.8 Å². The van der Waals surface area contributed by atoms with Gasteiger partial charge in [0, 0.05) is 21.4 Å². The first-order valence-corrected chi connectivity index (χ1v) is 6.47. The van der Waals surface area contributed by atoms with E-state index in [4.69, 9.17) is 28.9 Å². The molecule has 0 atom stereocenters. The number of carbonyl (C=O) groups is 1. The van der Waals surface area contributed by atoms with E-state index in [9.17, 15) is 4.79 Å². The summed E-state index contributed by atoms with van der Waals surface area (Å²) in [6, 6.07) is 5.11. The molecule has 1 amide bonds. The zero-order chi connectivity index (χ0) is 12.4. The highest BCUT2D eigenvalue weighted by Gasteiger charge is 2.16. The molecule has 6 heteroatoms. The summed E-state index contributed by atoms with van der Waals surface area (Å²) in [4.78, 5) is 15.3. The number of halogens is 2. The number of rotatable bonds is 1. The lowest BCUT2D eigenvalue weighted by Crippen LogP contribution is -2.18. The molecular formula is C11H8Cl2N2OS. The van der Waals surface area contributed by atoms with Gasteiger partial charge in [-0.15, -0.1) is 0 Å². The van der Waals surface area contributed by atoms with Crippen LogP contribution in [0.1, 0.15) is 5.56 Å². The molecule has 88 valence electrons. The van der Waals surface area contributed by atoms with Crippen molar-refractivity contribution >= 4 is 52.1 Å². The quantitative estimate of drug-likeness (QED) is 0.808. The van der Waals surface area contributed by atoms with Crippen molar-refractivity contribution in [2.24, 2.45) is 10.7 Å². The van der Waals surface area contributed by atoms with Gasteiger partial charge in [-0.2, -0.15) is 4.99 Å². The molecule has 0 saturated carbocycles. The van der Waals surface area contributed by atoms with Crippen molar-refractivity contribution in [3.63, 3.8) is 0 Å². The zero-order valence-electron chi connectivity index (χ0n) is 8.61. The summed E-state index contributed by atoms with van der Waals surface area (Å²) in [6.45, 7) is 0. The normalized spacial score (nSPS) is 18.4.